The second kappa shape index (κ2) is 5.86. The van der Waals surface area contributed by atoms with E-state index in [1.54, 1.807) is 30.3 Å². The Morgan fingerprint density at radius 2 is 2.00 bits per heavy atom. The van der Waals surface area contributed by atoms with E-state index >= 15 is 0 Å². The first kappa shape index (κ1) is 13.0. The lowest BCUT2D eigenvalue weighted by Crippen LogP contribution is -2.48. The van der Waals surface area contributed by atoms with Gasteiger partial charge in [0.2, 0.25) is 0 Å². The van der Waals surface area contributed by atoms with Crippen LogP contribution in [0.3, 0.4) is 0 Å². The van der Waals surface area contributed by atoms with Crippen molar-refractivity contribution in [1.82, 2.24) is 0 Å². The van der Waals surface area contributed by atoms with Crippen molar-refractivity contribution in [2.75, 3.05) is 11.5 Å². The van der Waals surface area contributed by atoms with Crippen molar-refractivity contribution in [3.05, 3.63) is 30.3 Å². The number of nitrogens with zero attached hydrogens (tertiary/aromatic N) is 1. The number of carboxylic acid groups (broad SMARTS) is 1. The molecular weight excluding hydrogens is 222 g/mol. The SMILES string of the molecule is N=C(N)N(c1ccccc1)[C@@H](CCO)C(=O)O. The third-order valence-corrected chi connectivity index (χ3v) is 2.29. The summed E-state index contributed by atoms with van der Waals surface area (Å²) in [4.78, 5) is 12.3. The van der Waals surface area contributed by atoms with Crippen LogP contribution < -0.4 is 10.6 Å². The van der Waals surface area contributed by atoms with Crippen molar-refractivity contribution in [1.29, 1.82) is 5.41 Å². The third-order valence-electron chi connectivity index (χ3n) is 2.29. The molecule has 0 aliphatic rings. The largest absolute Gasteiger partial charge is 0.480 e. The molecule has 0 saturated carbocycles. The fourth-order valence-corrected chi connectivity index (χ4v) is 1.56. The monoisotopic (exact) mass is 237 g/mol. The molecule has 0 amide bonds. The number of benzene rings is 1. The van der Waals surface area contributed by atoms with E-state index in [0.29, 0.717) is 5.69 Å². The van der Waals surface area contributed by atoms with Gasteiger partial charge in [-0.15, -0.1) is 0 Å². The van der Waals surface area contributed by atoms with Crippen molar-refractivity contribution < 1.29 is 15.0 Å². The van der Waals surface area contributed by atoms with Gasteiger partial charge in [0.1, 0.15) is 6.04 Å². The number of aliphatic hydroxyl groups is 1. The molecule has 1 atom stereocenters. The maximum atomic E-state index is 11.1. The number of nitrogens with one attached hydrogen (secondary N) is 1. The highest BCUT2D eigenvalue weighted by Gasteiger charge is 2.27. The van der Waals surface area contributed by atoms with Gasteiger partial charge in [-0.2, -0.15) is 0 Å². The van der Waals surface area contributed by atoms with E-state index < -0.39 is 12.0 Å². The average molecular weight is 237 g/mol. The summed E-state index contributed by atoms with van der Waals surface area (Å²) in [6, 6.07) is 7.51. The van der Waals surface area contributed by atoms with E-state index in [1.807, 2.05) is 0 Å². The van der Waals surface area contributed by atoms with Crippen LogP contribution in [0.2, 0.25) is 0 Å². The van der Waals surface area contributed by atoms with E-state index in [1.165, 1.54) is 4.90 Å². The molecule has 0 spiro atoms. The molecule has 0 aliphatic carbocycles. The minimum absolute atomic E-state index is 0.00378. The lowest BCUT2D eigenvalue weighted by molar-refractivity contribution is -0.138. The van der Waals surface area contributed by atoms with Gasteiger partial charge in [0.15, 0.2) is 5.96 Å². The van der Waals surface area contributed by atoms with Crippen LogP contribution in [0.1, 0.15) is 6.42 Å². The first-order chi connectivity index (χ1) is 8.07. The van der Waals surface area contributed by atoms with Gasteiger partial charge in [0.05, 0.1) is 0 Å². The van der Waals surface area contributed by atoms with Crippen LogP contribution in [-0.4, -0.2) is 34.8 Å². The Morgan fingerprint density at radius 3 is 2.41 bits per heavy atom. The van der Waals surface area contributed by atoms with Gasteiger partial charge in [-0.25, -0.2) is 4.79 Å². The number of para-hydroxylation sites is 1. The highest BCUT2D eigenvalue weighted by Crippen LogP contribution is 2.17. The van der Waals surface area contributed by atoms with Gasteiger partial charge in [0.25, 0.3) is 0 Å². The van der Waals surface area contributed by atoms with Crippen molar-refractivity contribution >= 4 is 17.6 Å². The number of hydrogen-bond acceptors (Lipinski definition) is 3. The number of nitrogens with two attached hydrogens (primary N) is 1. The van der Waals surface area contributed by atoms with Gasteiger partial charge in [0, 0.05) is 18.7 Å². The highest BCUT2D eigenvalue weighted by molar-refractivity contribution is 5.98. The second-order valence-electron chi connectivity index (χ2n) is 3.46. The number of rotatable bonds is 5. The summed E-state index contributed by atoms with van der Waals surface area (Å²) in [6.45, 7) is -0.284. The molecule has 6 heteroatoms. The summed E-state index contributed by atoms with van der Waals surface area (Å²) in [6.07, 6.45) is 0.00378. The molecule has 0 unspecified atom stereocenters. The minimum atomic E-state index is -1.13. The summed E-state index contributed by atoms with van der Waals surface area (Å²) >= 11 is 0. The molecule has 1 aromatic rings. The Morgan fingerprint density at radius 1 is 1.41 bits per heavy atom. The topological polar surface area (TPSA) is 111 Å². The minimum Gasteiger partial charge on any atom is -0.480 e. The van der Waals surface area contributed by atoms with E-state index in [9.17, 15) is 4.79 Å². The van der Waals surface area contributed by atoms with Crippen LogP contribution in [0.5, 0.6) is 0 Å². The predicted molar refractivity (Wildman–Crippen MR) is 64.0 cm³/mol. The van der Waals surface area contributed by atoms with E-state index in [2.05, 4.69) is 0 Å². The zero-order valence-corrected chi connectivity index (χ0v) is 9.21. The lowest BCUT2D eigenvalue weighted by Gasteiger charge is -2.28. The molecule has 1 rings (SSSR count). The molecule has 0 bridgehead atoms. The van der Waals surface area contributed by atoms with Crippen molar-refractivity contribution in [2.24, 2.45) is 5.73 Å². The number of aliphatic hydroxyl groups excluding tert-OH is 1. The Hall–Kier alpha value is -2.08. The number of carbonyl (C=O) groups is 1. The molecular formula is C11H15N3O3. The molecule has 0 heterocycles. The molecule has 92 valence electrons. The number of hydrogen-bond donors (Lipinski definition) is 4. The van der Waals surface area contributed by atoms with Crippen LogP contribution in [-0.2, 0) is 4.79 Å². The zero-order chi connectivity index (χ0) is 12.8. The van der Waals surface area contributed by atoms with E-state index in [-0.39, 0.29) is 19.0 Å². The summed E-state index contributed by atoms with van der Waals surface area (Å²) in [5.41, 5.74) is 5.92. The molecule has 0 aliphatic heterocycles. The van der Waals surface area contributed by atoms with Crippen LogP contribution in [0, 0.1) is 5.41 Å². The van der Waals surface area contributed by atoms with Crippen LogP contribution in [0.15, 0.2) is 30.3 Å². The van der Waals surface area contributed by atoms with E-state index in [0.717, 1.165) is 0 Å². The van der Waals surface area contributed by atoms with Crippen molar-refractivity contribution in [2.45, 2.75) is 12.5 Å². The van der Waals surface area contributed by atoms with Crippen LogP contribution >= 0.6 is 0 Å². The first-order valence-corrected chi connectivity index (χ1v) is 5.10. The molecule has 0 fully saturated rings. The molecule has 17 heavy (non-hydrogen) atoms. The number of aliphatic carboxylic acids is 1. The molecule has 6 nitrogen and oxygen atoms in total. The average Bonchev–Trinajstić information content (AvgIpc) is 2.29. The van der Waals surface area contributed by atoms with Gasteiger partial charge in [-0.05, 0) is 12.1 Å². The zero-order valence-electron chi connectivity index (χ0n) is 9.21. The Bertz CT molecular complexity index is 394. The maximum Gasteiger partial charge on any atom is 0.326 e. The number of anilines is 1. The third kappa shape index (κ3) is 3.18. The normalized spacial score (nSPS) is 11.8. The van der Waals surface area contributed by atoms with E-state index in [4.69, 9.17) is 21.4 Å². The van der Waals surface area contributed by atoms with Gasteiger partial charge < -0.3 is 15.9 Å². The quantitative estimate of drug-likeness (QED) is 0.432. The van der Waals surface area contributed by atoms with Crippen LogP contribution in [0.4, 0.5) is 5.69 Å². The fraction of sp³-hybridized carbons (Fsp3) is 0.273. The lowest BCUT2D eigenvalue weighted by atomic mass is 10.1. The van der Waals surface area contributed by atoms with Crippen LogP contribution in [0.25, 0.3) is 0 Å². The Balaban J connectivity index is 3.07. The second-order valence-corrected chi connectivity index (χ2v) is 3.46. The first-order valence-electron chi connectivity index (χ1n) is 5.10. The fourth-order valence-electron chi connectivity index (χ4n) is 1.56. The van der Waals surface area contributed by atoms with Gasteiger partial charge in [-0.1, -0.05) is 18.2 Å². The van der Waals surface area contributed by atoms with Gasteiger partial charge in [-0.3, -0.25) is 10.3 Å². The van der Waals surface area contributed by atoms with Crippen molar-refractivity contribution in [3.8, 4) is 0 Å². The molecule has 5 N–H and O–H groups in total. The number of carboxylic acids is 1. The predicted octanol–water partition coefficient (Wildman–Crippen LogP) is 0.222. The maximum absolute atomic E-state index is 11.1. The highest BCUT2D eigenvalue weighted by atomic mass is 16.4. The number of guanidine groups is 1. The standard InChI is InChI=1S/C11H15N3O3/c12-11(13)14(8-4-2-1-3-5-8)9(6-7-15)10(16)17/h1-5,9,15H,6-7H2,(H3,12,13)(H,16,17)/t9-/m0/s1. The molecule has 0 aromatic heterocycles. The molecule has 0 saturated heterocycles. The summed E-state index contributed by atoms with van der Waals surface area (Å²) in [7, 11) is 0. The summed E-state index contributed by atoms with van der Waals surface area (Å²) in [5, 5.41) is 25.4. The Kier molecular flexibility index (Phi) is 4.47. The molecule has 1 aromatic carbocycles. The molecule has 0 radical (unpaired) electrons. The Labute approximate surface area is 98.8 Å². The smallest absolute Gasteiger partial charge is 0.326 e. The van der Waals surface area contributed by atoms with Gasteiger partial charge >= 0.3 is 5.97 Å². The summed E-state index contributed by atoms with van der Waals surface area (Å²) in [5.74, 6) is -1.49. The summed E-state index contributed by atoms with van der Waals surface area (Å²) < 4.78 is 0. The van der Waals surface area contributed by atoms with Crippen molar-refractivity contribution in [3.63, 3.8) is 0 Å².